The molecule has 1 aliphatic heterocycles. The highest BCUT2D eigenvalue weighted by molar-refractivity contribution is 7.17. The van der Waals surface area contributed by atoms with E-state index in [2.05, 4.69) is 5.32 Å². The zero-order valence-electron chi connectivity index (χ0n) is 17.6. The van der Waals surface area contributed by atoms with Crippen molar-refractivity contribution in [2.45, 2.75) is 44.9 Å². The van der Waals surface area contributed by atoms with Crippen molar-refractivity contribution in [3.05, 3.63) is 45.8 Å². The maximum absolute atomic E-state index is 12.5. The maximum atomic E-state index is 12.5. The molecule has 0 spiro atoms. The molecule has 1 aromatic heterocycles. The van der Waals surface area contributed by atoms with Gasteiger partial charge in [-0.15, -0.1) is 11.3 Å². The van der Waals surface area contributed by atoms with Crippen molar-refractivity contribution in [1.82, 2.24) is 0 Å². The average molecular weight is 456 g/mol. The van der Waals surface area contributed by atoms with E-state index in [4.69, 9.17) is 10.5 Å². The molecule has 2 aliphatic rings. The number of fused-ring (bicyclic) bond motifs is 2. The molecule has 32 heavy (non-hydrogen) atoms. The summed E-state index contributed by atoms with van der Waals surface area (Å²) in [5.74, 6) is -1.87. The number of thiophene rings is 1. The zero-order chi connectivity index (χ0) is 22.7. The highest BCUT2D eigenvalue weighted by Gasteiger charge is 2.26. The first-order valence-corrected chi connectivity index (χ1v) is 11.5. The summed E-state index contributed by atoms with van der Waals surface area (Å²) in [7, 11) is 0. The normalized spacial score (nSPS) is 14.4. The molecule has 0 saturated carbocycles. The molecule has 0 bridgehead atoms. The Kier molecular flexibility index (Phi) is 6.55. The van der Waals surface area contributed by atoms with Crippen LogP contribution in [-0.2, 0) is 38.4 Å². The van der Waals surface area contributed by atoms with Crippen LogP contribution in [0.15, 0.2) is 24.3 Å². The third kappa shape index (κ3) is 4.67. The SMILES string of the molecule is NC(=O)c1c(NC(=O)CCC(=O)OCC(=O)N2CCCc3ccccc32)sc2c1CCC2. The van der Waals surface area contributed by atoms with Gasteiger partial charge in [-0.3, -0.25) is 19.2 Å². The van der Waals surface area contributed by atoms with Crippen molar-refractivity contribution >= 4 is 45.7 Å². The minimum Gasteiger partial charge on any atom is -0.456 e. The van der Waals surface area contributed by atoms with E-state index in [0.29, 0.717) is 17.1 Å². The number of aryl methyl sites for hydroxylation is 2. The first-order chi connectivity index (χ1) is 15.4. The number of esters is 1. The summed E-state index contributed by atoms with van der Waals surface area (Å²) in [4.78, 5) is 51.4. The summed E-state index contributed by atoms with van der Waals surface area (Å²) in [6.45, 7) is 0.223. The number of benzene rings is 1. The number of hydrogen-bond acceptors (Lipinski definition) is 6. The maximum Gasteiger partial charge on any atom is 0.306 e. The van der Waals surface area contributed by atoms with E-state index in [1.165, 1.54) is 11.3 Å². The Morgan fingerprint density at radius 3 is 2.69 bits per heavy atom. The van der Waals surface area contributed by atoms with Crippen LogP contribution in [0.3, 0.4) is 0 Å². The van der Waals surface area contributed by atoms with Crippen molar-refractivity contribution in [1.29, 1.82) is 0 Å². The number of amides is 3. The number of primary amides is 1. The van der Waals surface area contributed by atoms with Gasteiger partial charge in [0.25, 0.3) is 11.8 Å². The first kappa shape index (κ1) is 22.0. The van der Waals surface area contributed by atoms with Crippen molar-refractivity contribution < 1.29 is 23.9 Å². The lowest BCUT2D eigenvalue weighted by atomic mass is 10.0. The molecule has 3 N–H and O–H groups in total. The van der Waals surface area contributed by atoms with E-state index in [0.717, 1.165) is 53.8 Å². The third-order valence-corrected chi connectivity index (χ3v) is 6.95. The Labute approximate surface area is 189 Å². The van der Waals surface area contributed by atoms with E-state index in [-0.39, 0.29) is 25.4 Å². The number of rotatable bonds is 7. The van der Waals surface area contributed by atoms with Crippen molar-refractivity contribution in [2.24, 2.45) is 5.73 Å². The first-order valence-electron chi connectivity index (χ1n) is 10.7. The van der Waals surface area contributed by atoms with E-state index in [1.54, 1.807) is 4.90 Å². The molecule has 2 aromatic rings. The summed E-state index contributed by atoms with van der Waals surface area (Å²) in [5, 5.41) is 3.14. The van der Waals surface area contributed by atoms with Crippen LogP contribution in [0.2, 0.25) is 0 Å². The molecule has 0 saturated heterocycles. The Balaban J connectivity index is 1.26. The van der Waals surface area contributed by atoms with Crippen molar-refractivity contribution in [3.8, 4) is 0 Å². The fourth-order valence-corrected chi connectivity index (χ4v) is 5.55. The Morgan fingerprint density at radius 2 is 1.88 bits per heavy atom. The molecule has 0 unspecified atom stereocenters. The van der Waals surface area contributed by atoms with Crippen LogP contribution < -0.4 is 16.0 Å². The lowest BCUT2D eigenvalue weighted by Gasteiger charge is -2.29. The number of carbonyl (C=O) groups excluding carboxylic acids is 4. The highest BCUT2D eigenvalue weighted by Crippen LogP contribution is 2.38. The number of para-hydroxylation sites is 1. The van der Waals surface area contributed by atoms with Gasteiger partial charge >= 0.3 is 5.97 Å². The Morgan fingerprint density at radius 1 is 1.06 bits per heavy atom. The molecular formula is C23H25N3O5S. The molecule has 8 nitrogen and oxygen atoms in total. The third-order valence-electron chi connectivity index (χ3n) is 5.74. The average Bonchev–Trinajstić information content (AvgIpc) is 3.36. The van der Waals surface area contributed by atoms with E-state index < -0.39 is 17.8 Å². The van der Waals surface area contributed by atoms with Gasteiger partial charge in [-0.25, -0.2) is 0 Å². The van der Waals surface area contributed by atoms with Crippen molar-refractivity contribution in [3.63, 3.8) is 0 Å². The quantitative estimate of drug-likeness (QED) is 0.622. The summed E-state index contributed by atoms with van der Waals surface area (Å²) < 4.78 is 5.10. The van der Waals surface area contributed by atoms with E-state index >= 15 is 0 Å². The largest absolute Gasteiger partial charge is 0.456 e. The van der Waals surface area contributed by atoms with E-state index in [1.807, 2.05) is 24.3 Å². The molecule has 0 fully saturated rings. The molecule has 168 valence electrons. The topological polar surface area (TPSA) is 119 Å². The summed E-state index contributed by atoms with van der Waals surface area (Å²) in [5.41, 5.74) is 8.76. The predicted octanol–water partition coefficient (Wildman–Crippen LogP) is 2.58. The van der Waals surface area contributed by atoms with Gasteiger partial charge in [-0.2, -0.15) is 0 Å². The number of anilines is 2. The Bertz CT molecular complexity index is 1080. The minimum atomic E-state index is -0.623. The van der Waals surface area contributed by atoms with Gasteiger partial charge in [-0.05, 0) is 49.3 Å². The number of carbonyl (C=O) groups is 4. The molecule has 0 atom stereocenters. The van der Waals surface area contributed by atoms with Crippen LogP contribution in [0.1, 0.15) is 52.0 Å². The molecule has 0 radical (unpaired) electrons. The molecule has 2 heterocycles. The van der Waals surface area contributed by atoms with Gasteiger partial charge in [0.2, 0.25) is 5.91 Å². The summed E-state index contributed by atoms with van der Waals surface area (Å²) in [6.07, 6.45) is 4.13. The summed E-state index contributed by atoms with van der Waals surface area (Å²) in [6, 6.07) is 7.69. The van der Waals surface area contributed by atoms with Gasteiger partial charge in [0.1, 0.15) is 5.00 Å². The van der Waals surface area contributed by atoms with Crippen LogP contribution in [0, 0.1) is 0 Å². The van der Waals surface area contributed by atoms with E-state index in [9.17, 15) is 19.2 Å². The summed E-state index contributed by atoms with van der Waals surface area (Å²) >= 11 is 1.36. The van der Waals surface area contributed by atoms with Gasteiger partial charge in [0, 0.05) is 23.5 Å². The number of nitrogens with one attached hydrogen (secondary N) is 1. The molecule has 1 aromatic carbocycles. The van der Waals surface area contributed by atoms with Crippen molar-refractivity contribution in [2.75, 3.05) is 23.4 Å². The monoisotopic (exact) mass is 455 g/mol. The fraction of sp³-hybridized carbons (Fsp3) is 0.391. The zero-order valence-corrected chi connectivity index (χ0v) is 18.5. The Hall–Kier alpha value is -3.20. The molecular weight excluding hydrogens is 430 g/mol. The van der Waals surface area contributed by atoms with Crippen LogP contribution in [-0.4, -0.2) is 36.8 Å². The smallest absolute Gasteiger partial charge is 0.306 e. The van der Waals surface area contributed by atoms with Crippen LogP contribution >= 0.6 is 11.3 Å². The molecule has 4 rings (SSSR count). The second-order valence-corrected chi connectivity index (χ2v) is 9.02. The lowest BCUT2D eigenvalue weighted by Crippen LogP contribution is -2.38. The standard InChI is InChI=1S/C23H25N3O5S/c24-22(30)21-15-7-3-9-17(15)32-23(21)25-18(27)10-11-20(29)31-13-19(28)26-12-4-6-14-5-1-2-8-16(14)26/h1-2,5,8H,3-4,6-7,9-13H2,(H2,24,30)(H,25,27). The van der Waals surface area contributed by atoms with Gasteiger partial charge in [0.05, 0.1) is 12.0 Å². The molecule has 3 amide bonds. The van der Waals surface area contributed by atoms with Gasteiger partial charge in [-0.1, -0.05) is 18.2 Å². The lowest BCUT2D eigenvalue weighted by molar-refractivity contribution is -0.148. The van der Waals surface area contributed by atoms with Crippen LogP contribution in [0.4, 0.5) is 10.7 Å². The highest BCUT2D eigenvalue weighted by atomic mass is 32.1. The minimum absolute atomic E-state index is 0.111. The number of nitrogens with two attached hydrogens (primary N) is 1. The number of hydrogen-bond donors (Lipinski definition) is 2. The fourth-order valence-electron chi connectivity index (χ4n) is 4.24. The molecule has 1 aliphatic carbocycles. The second kappa shape index (κ2) is 9.52. The second-order valence-electron chi connectivity index (χ2n) is 7.91. The predicted molar refractivity (Wildman–Crippen MR) is 121 cm³/mol. The van der Waals surface area contributed by atoms with Gasteiger partial charge in [0.15, 0.2) is 6.61 Å². The van der Waals surface area contributed by atoms with Crippen LogP contribution in [0.5, 0.6) is 0 Å². The molecule has 9 heteroatoms. The number of ether oxygens (including phenoxy) is 1. The number of nitrogens with zero attached hydrogens (tertiary/aromatic N) is 1. The van der Waals surface area contributed by atoms with Crippen LogP contribution in [0.25, 0.3) is 0 Å². The van der Waals surface area contributed by atoms with Gasteiger partial charge < -0.3 is 20.7 Å².